The van der Waals surface area contributed by atoms with Crippen molar-refractivity contribution in [1.82, 2.24) is 0 Å². The van der Waals surface area contributed by atoms with Crippen LogP contribution >= 0.6 is 0 Å². The summed E-state index contributed by atoms with van der Waals surface area (Å²) in [6, 6.07) is 29.7. The van der Waals surface area contributed by atoms with E-state index in [1.807, 2.05) is 60.7 Å². The molecule has 0 saturated carbocycles. The molecule has 1 aliphatic heterocycles. The number of hydrogen-bond acceptors (Lipinski definition) is 8. The average molecular weight is 659 g/mol. The van der Waals surface area contributed by atoms with E-state index in [0.717, 1.165) is 62.5 Å². The molecule has 8 nitrogen and oxygen atoms in total. The van der Waals surface area contributed by atoms with Gasteiger partial charge in [0.1, 0.15) is 52.6 Å². The highest BCUT2D eigenvalue weighted by molar-refractivity contribution is 5.77. The second kappa shape index (κ2) is 13.1. The van der Waals surface area contributed by atoms with Gasteiger partial charge in [-0.3, -0.25) is 4.79 Å². The third-order valence-corrected chi connectivity index (χ3v) is 9.81. The highest BCUT2D eigenvalue weighted by Gasteiger charge is 2.48. The summed E-state index contributed by atoms with van der Waals surface area (Å²) in [7, 11) is 9.96. The van der Waals surface area contributed by atoms with Gasteiger partial charge in [-0.05, 0) is 76.9 Å². The number of carbonyl (C=O) groups is 1. The van der Waals surface area contributed by atoms with Crippen LogP contribution in [0.2, 0.25) is 0 Å². The van der Waals surface area contributed by atoms with Crippen molar-refractivity contribution in [3.05, 3.63) is 136 Å². The van der Waals surface area contributed by atoms with Gasteiger partial charge in [0.2, 0.25) is 0 Å². The van der Waals surface area contributed by atoms with E-state index < -0.39 is 6.10 Å². The van der Waals surface area contributed by atoms with Crippen LogP contribution in [-0.4, -0.2) is 48.9 Å². The molecular weight excluding hydrogens is 620 g/mol. The predicted octanol–water partition coefficient (Wildman–Crippen LogP) is 8.09. The molecule has 1 heterocycles. The summed E-state index contributed by atoms with van der Waals surface area (Å²) in [4.78, 5) is 12.3. The third-order valence-electron chi connectivity index (χ3n) is 9.81. The molecule has 0 N–H and O–H groups in total. The van der Waals surface area contributed by atoms with E-state index in [2.05, 4.69) is 24.3 Å². The van der Waals surface area contributed by atoms with Crippen molar-refractivity contribution >= 4 is 6.29 Å². The number of carbonyl (C=O) groups excluding carboxylic acids is 1. The molecule has 0 aromatic heterocycles. The summed E-state index contributed by atoms with van der Waals surface area (Å²) < 4.78 is 42.1. The zero-order valence-electron chi connectivity index (χ0n) is 28.3. The van der Waals surface area contributed by atoms with Crippen LogP contribution in [0.15, 0.2) is 91.0 Å². The van der Waals surface area contributed by atoms with Crippen molar-refractivity contribution in [2.75, 3.05) is 42.7 Å². The second-order valence-electron chi connectivity index (χ2n) is 12.1. The number of rotatable bonds is 10. The Kier molecular flexibility index (Phi) is 8.55. The molecule has 0 fully saturated rings. The van der Waals surface area contributed by atoms with Crippen LogP contribution in [0.5, 0.6) is 40.2 Å². The van der Waals surface area contributed by atoms with Gasteiger partial charge in [0, 0.05) is 46.2 Å². The lowest BCUT2D eigenvalue weighted by atomic mass is 9.72. The molecule has 0 unspecified atom stereocenters. The lowest BCUT2D eigenvalue weighted by Gasteiger charge is -2.32. The van der Waals surface area contributed by atoms with Crippen molar-refractivity contribution in [3.8, 4) is 40.2 Å². The Morgan fingerprint density at radius 2 is 1.06 bits per heavy atom. The van der Waals surface area contributed by atoms with Gasteiger partial charge in [0.25, 0.3) is 0 Å². The van der Waals surface area contributed by atoms with Gasteiger partial charge in [-0.2, -0.15) is 0 Å². The van der Waals surface area contributed by atoms with Gasteiger partial charge >= 0.3 is 0 Å². The van der Waals surface area contributed by atoms with Crippen molar-refractivity contribution < 1.29 is 38.0 Å². The Bertz CT molecular complexity index is 2000. The minimum Gasteiger partial charge on any atom is -0.497 e. The standard InChI is InChI=1S/C41H38O8/c1-43-26-12-8-24(9-13-26)36-37(30-17-23(22-42)7-16-33(30)47-5)31-18-29(46-4)21-35-39(31)40(32-19-28(45-3)20-34(48-6)38(32)36)41(49-35)25-10-14-27(44-2)15-11-25/h7-22,36-37,40-41H,1-6H3/t36-,37+,40+,41-/m1/s1. The second-order valence-corrected chi connectivity index (χ2v) is 12.1. The first-order valence-electron chi connectivity index (χ1n) is 16.0. The van der Waals surface area contributed by atoms with Crippen LogP contribution < -0.4 is 33.2 Å². The van der Waals surface area contributed by atoms with Gasteiger partial charge in [0.15, 0.2) is 0 Å². The van der Waals surface area contributed by atoms with E-state index in [-0.39, 0.29) is 17.8 Å². The molecule has 1 aliphatic carbocycles. The molecule has 0 saturated heterocycles. The summed E-state index contributed by atoms with van der Waals surface area (Å²) in [5.41, 5.74) is 7.41. The van der Waals surface area contributed by atoms with Gasteiger partial charge < -0.3 is 33.2 Å². The number of ether oxygens (including phenoxy) is 7. The molecule has 0 amide bonds. The topological polar surface area (TPSA) is 81.7 Å². The number of fused-ring (bicyclic) bond motifs is 2. The molecule has 5 aromatic carbocycles. The molecule has 7 rings (SSSR count). The largest absolute Gasteiger partial charge is 0.497 e. The third kappa shape index (κ3) is 5.37. The van der Waals surface area contributed by atoms with E-state index in [0.29, 0.717) is 28.6 Å². The number of aldehydes is 1. The highest BCUT2D eigenvalue weighted by atomic mass is 16.5. The fourth-order valence-electron chi connectivity index (χ4n) is 7.59. The maximum Gasteiger partial charge on any atom is 0.150 e. The molecule has 2 aliphatic rings. The Balaban J connectivity index is 1.64. The molecule has 5 aromatic rings. The van der Waals surface area contributed by atoms with E-state index in [1.54, 1.807) is 48.7 Å². The first kappa shape index (κ1) is 31.9. The van der Waals surface area contributed by atoms with Crippen LogP contribution in [0.4, 0.5) is 0 Å². The number of methoxy groups -OCH3 is 6. The highest BCUT2D eigenvalue weighted by Crippen LogP contribution is 2.63. The van der Waals surface area contributed by atoms with Crippen molar-refractivity contribution in [1.29, 1.82) is 0 Å². The van der Waals surface area contributed by atoms with Crippen LogP contribution in [0.3, 0.4) is 0 Å². The molecular formula is C41H38O8. The Morgan fingerprint density at radius 1 is 0.490 bits per heavy atom. The maximum atomic E-state index is 12.3. The summed E-state index contributed by atoms with van der Waals surface area (Å²) >= 11 is 0. The van der Waals surface area contributed by atoms with Gasteiger partial charge in [-0.25, -0.2) is 0 Å². The van der Waals surface area contributed by atoms with E-state index >= 15 is 0 Å². The minimum atomic E-state index is -0.402. The van der Waals surface area contributed by atoms with E-state index in [1.165, 1.54) is 0 Å². The Morgan fingerprint density at radius 3 is 1.63 bits per heavy atom. The van der Waals surface area contributed by atoms with Crippen molar-refractivity contribution in [3.63, 3.8) is 0 Å². The van der Waals surface area contributed by atoms with Crippen molar-refractivity contribution in [2.45, 2.75) is 23.9 Å². The molecule has 0 bridgehead atoms. The summed E-state index contributed by atoms with van der Waals surface area (Å²) in [6.45, 7) is 0. The molecule has 0 spiro atoms. The SMILES string of the molecule is COc1ccc([C@H]2c3c(OC)cc(OC)cc3[C@H]3c4c(cc(OC)cc4[C@@H]2c2cc(C=O)ccc2OC)O[C@@H]3c2ccc(OC)cc2)cc1. The summed E-state index contributed by atoms with van der Waals surface area (Å²) in [5.74, 6) is 3.90. The van der Waals surface area contributed by atoms with Crippen LogP contribution in [0, 0.1) is 0 Å². The first-order valence-corrected chi connectivity index (χ1v) is 16.0. The first-order chi connectivity index (χ1) is 24.0. The number of benzene rings is 5. The van der Waals surface area contributed by atoms with Gasteiger partial charge in [-0.15, -0.1) is 0 Å². The summed E-state index contributed by atoms with van der Waals surface area (Å²) in [6.07, 6.45) is 0.462. The van der Waals surface area contributed by atoms with E-state index in [4.69, 9.17) is 33.2 Å². The smallest absolute Gasteiger partial charge is 0.150 e. The zero-order chi connectivity index (χ0) is 34.2. The molecule has 250 valence electrons. The summed E-state index contributed by atoms with van der Waals surface area (Å²) in [5, 5.41) is 0. The molecule has 49 heavy (non-hydrogen) atoms. The monoisotopic (exact) mass is 658 g/mol. The van der Waals surface area contributed by atoms with E-state index in [9.17, 15) is 4.79 Å². The van der Waals surface area contributed by atoms with Gasteiger partial charge in [-0.1, -0.05) is 24.3 Å². The maximum absolute atomic E-state index is 12.3. The average Bonchev–Trinajstić information content (AvgIpc) is 3.49. The quantitative estimate of drug-likeness (QED) is 0.139. The number of hydrogen-bond donors (Lipinski definition) is 0. The molecule has 0 radical (unpaired) electrons. The minimum absolute atomic E-state index is 0.269. The van der Waals surface area contributed by atoms with Crippen LogP contribution in [-0.2, 0) is 0 Å². The van der Waals surface area contributed by atoms with Crippen LogP contribution in [0.25, 0.3) is 0 Å². The van der Waals surface area contributed by atoms with Crippen molar-refractivity contribution in [2.24, 2.45) is 0 Å². The fourth-order valence-corrected chi connectivity index (χ4v) is 7.59. The van der Waals surface area contributed by atoms with Gasteiger partial charge in [0.05, 0.1) is 48.6 Å². The lowest BCUT2D eigenvalue weighted by Crippen LogP contribution is -2.18. The zero-order valence-corrected chi connectivity index (χ0v) is 28.3. The fraction of sp³-hybridized carbons (Fsp3) is 0.244. The Labute approximate surface area is 286 Å². The molecule has 4 atom stereocenters. The Hall–Kier alpha value is -5.63. The lowest BCUT2D eigenvalue weighted by molar-refractivity contribution is 0.112. The normalized spacial score (nSPS) is 18.7. The molecule has 8 heteroatoms. The van der Waals surface area contributed by atoms with Crippen LogP contribution in [0.1, 0.15) is 73.2 Å². The predicted molar refractivity (Wildman–Crippen MR) is 186 cm³/mol.